The minimum absolute atomic E-state index is 0.363. The smallest absolute Gasteiger partial charge is 0.151 e. The standard InChI is InChI=1S/C22H25ClN4O/c1-16-19(12-8-3-4-9-13-23)20-21(22(24)26-17(2)25-20)27(16)15-28-14-18-10-6-5-7-11-18/h5-7,10-11H,3-4,9,13-15H2,1-2H3,(H2,24,25,26). The van der Waals surface area contributed by atoms with Gasteiger partial charge in [0, 0.05) is 18.0 Å². The Hall–Kier alpha value is -2.55. The fraction of sp³-hybridized carbons (Fsp3) is 0.364. The van der Waals surface area contributed by atoms with E-state index in [1.54, 1.807) is 0 Å². The average Bonchev–Trinajstić information content (AvgIpc) is 2.94. The summed E-state index contributed by atoms with van der Waals surface area (Å²) < 4.78 is 7.95. The maximum atomic E-state index is 6.23. The van der Waals surface area contributed by atoms with Crippen LogP contribution in [-0.4, -0.2) is 20.4 Å². The zero-order chi connectivity index (χ0) is 19.9. The molecule has 0 saturated heterocycles. The molecule has 0 atom stereocenters. The Kier molecular flexibility index (Phi) is 6.91. The van der Waals surface area contributed by atoms with Crippen molar-refractivity contribution >= 4 is 28.5 Å². The van der Waals surface area contributed by atoms with E-state index in [1.807, 2.05) is 48.7 Å². The molecule has 0 aliphatic rings. The van der Waals surface area contributed by atoms with Gasteiger partial charge in [-0.05, 0) is 32.3 Å². The number of aryl methyl sites for hydroxylation is 1. The Balaban J connectivity index is 1.89. The van der Waals surface area contributed by atoms with E-state index in [0.29, 0.717) is 30.9 Å². The molecule has 6 heteroatoms. The van der Waals surface area contributed by atoms with Crippen molar-refractivity contribution in [2.75, 3.05) is 11.6 Å². The van der Waals surface area contributed by atoms with Crippen LogP contribution in [0.3, 0.4) is 0 Å². The highest BCUT2D eigenvalue weighted by atomic mass is 35.5. The molecule has 0 spiro atoms. The van der Waals surface area contributed by atoms with Gasteiger partial charge in [-0.1, -0.05) is 42.2 Å². The molecule has 3 rings (SSSR count). The van der Waals surface area contributed by atoms with Crippen LogP contribution >= 0.6 is 11.6 Å². The number of benzene rings is 1. The average molecular weight is 397 g/mol. The molecule has 2 heterocycles. The van der Waals surface area contributed by atoms with Crippen LogP contribution in [-0.2, 0) is 18.1 Å². The Bertz CT molecular complexity index is 1000. The lowest BCUT2D eigenvalue weighted by Crippen LogP contribution is -2.07. The van der Waals surface area contributed by atoms with Crippen molar-refractivity contribution < 1.29 is 4.74 Å². The van der Waals surface area contributed by atoms with Crippen molar-refractivity contribution in [3.8, 4) is 11.8 Å². The summed E-state index contributed by atoms with van der Waals surface area (Å²) in [6.07, 6.45) is 2.77. The van der Waals surface area contributed by atoms with Gasteiger partial charge in [0.2, 0.25) is 0 Å². The molecule has 0 unspecified atom stereocenters. The number of nitrogens with two attached hydrogens (primary N) is 1. The fourth-order valence-corrected chi connectivity index (χ4v) is 3.29. The van der Waals surface area contributed by atoms with Crippen molar-refractivity contribution in [1.82, 2.24) is 14.5 Å². The fourth-order valence-electron chi connectivity index (χ4n) is 3.10. The molecule has 0 radical (unpaired) electrons. The lowest BCUT2D eigenvalue weighted by atomic mass is 10.2. The molecular formula is C22H25ClN4O. The number of nitrogen functional groups attached to an aromatic ring is 1. The first-order valence-corrected chi connectivity index (χ1v) is 9.94. The lowest BCUT2D eigenvalue weighted by Gasteiger charge is -2.10. The third-order valence-electron chi connectivity index (χ3n) is 4.53. The minimum Gasteiger partial charge on any atom is -0.382 e. The van der Waals surface area contributed by atoms with Gasteiger partial charge in [-0.15, -0.1) is 11.6 Å². The summed E-state index contributed by atoms with van der Waals surface area (Å²) in [5.74, 6) is 8.28. The maximum Gasteiger partial charge on any atom is 0.151 e. The molecule has 0 amide bonds. The van der Waals surface area contributed by atoms with Crippen LogP contribution in [0.1, 0.15) is 41.9 Å². The molecule has 3 aromatic rings. The number of hydrogen-bond acceptors (Lipinski definition) is 4. The van der Waals surface area contributed by atoms with Crippen LogP contribution in [0.15, 0.2) is 30.3 Å². The molecule has 0 aliphatic heterocycles. The maximum absolute atomic E-state index is 6.23. The Morgan fingerprint density at radius 1 is 1.14 bits per heavy atom. The van der Waals surface area contributed by atoms with Crippen LogP contribution in [0.4, 0.5) is 5.82 Å². The molecule has 1 aromatic carbocycles. The Morgan fingerprint density at radius 3 is 2.68 bits per heavy atom. The summed E-state index contributed by atoms with van der Waals surface area (Å²) in [6.45, 7) is 4.74. The van der Waals surface area contributed by atoms with Crippen LogP contribution in [0, 0.1) is 25.7 Å². The number of halogens is 1. The highest BCUT2D eigenvalue weighted by Gasteiger charge is 2.18. The largest absolute Gasteiger partial charge is 0.382 e. The number of alkyl halides is 1. The topological polar surface area (TPSA) is 66.0 Å². The number of ether oxygens (including phenoxy) is 1. The zero-order valence-electron chi connectivity index (χ0n) is 16.3. The second-order valence-electron chi connectivity index (χ2n) is 6.65. The first-order chi connectivity index (χ1) is 13.6. The van der Waals surface area contributed by atoms with Gasteiger partial charge in [-0.3, -0.25) is 0 Å². The van der Waals surface area contributed by atoms with Gasteiger partial charge in [0.25, 0.3) is 0 Å². The van der Waals surface area contributed by atoms with Gasteiger partial charge in [-0.25, -0.2) is 9.97 Å². The summed E-state index contributed by atoms with van der Waals surface area (Å²) in [4.78, 5) is 8.94. The second-order valence-corrected chi connectivity index (χ2v) is 7.03. The van der Waals surface area contributed by atoms with Crippen molar-refractivity contribution in [2.24, 2.45) is 0 Å². The molecule has 0 saturated carbocycles. The number of nitrogens with zero attached hydrogens (tertiary/aromatic N) is 3. The summed E-state index contributed by atoms with van der Waals surface area (Å²) in [5, 5.41) is 0. The van der Waals surface area contributed by atoms with E-state index in [0.717, 1.165) is 47.1 Å². The van der Waals surface area contributed by atoms with Crippen LogP contribution < -0.4 is 5.73 Å². The molecule has 0 fully saturated rings. The molecular weight excluding hydrogens is 372 g/mol. The third kappa shape index (κ3) is 4.64. The normalized spacial score (nSPS) is 10.8. The van der Waals surface area contributed by atoms with Crippen molar-refractivity contribution in [3.63, 3.8) is 0 Å². The highest BCUT2D eigenvalue weighted by Crippen LogP contribution is 2.27. The van der Waals surface area contributed by atoms with E-state index in [1.165, 1.54) is 0 Å². The zero-order valence-corrected chi connectivity index (χ0v) is 17.1. The molecule has 146 valence electrons. The number of unbranched alkanes of at least 4 members (excludes halogenated alkanes) is 2. The predicted octanol–water partition coefficient (Wildman–Crippen LogP) is 4.57. The van der Waals surface area contributed by atoms with Gasteiger partial charge in [0.15, 0.2) is 5.82 Å². The predicted molar refractivity (Wildman–Crippen MR) is 114 cm³/mol. The number of hydrogen-bond donors (Lipinski definition) is 1. The minimum atomic E-state index is 0.363. The molecule has 0 bridgehead atoms. The van der Waals surface area contributed by atoms with E-state index in [-0.39, 0.29) is 0 Å². The quantitative estimate of drug-likeness (QED) is 0.361. The van der Waals surface area contributed by atoms with Crippen LogP contribution in [0.2, 0.25) is 0 Å². The van der Waals surface area contributed by atoms with Crippen molar-refractivity contribution in [2.45, 2.75) is 46.4 Å². The molecule has 5 nitrogen and oxygen atoms in total. The van der Waals surface area contributed by atoms with Gasteiger partial charge >= 0.3 is 0 Å². The molecule has 2 N–H and O–H groups in total. The highest BCUT2D eigenvalue weighted by molar-refractivity contribution is 6.17. The Labute approximate surface area is 170 Å². The van der Waals surface area contributed by atoms with Crippen LogP contribution in [0.5, 0.6) is 0 Å². The second kappa shape index (κ2) is 9.59. The van der Waals surface area contributed by atoms with Crippen molar-refractivity contribution in [1.29, 1.82) is 0 Å². The van der Waals surface area contributed by atoms with E-state index >= 15 is 0 Å². The first kappa shape index (κ1) is 20.2. The number of anilines is 1. The molecule has 28 heavy (non-hydrogen) atoms. The Morgan fingerprint density at radius 2 is 1.93 bits per heavy atom. The lowest BCUT2D eigenvalue weighted by molar-refractivity contribution is 0.0657. The number of aromatic nitrogens is 3. The first-order valence-electron chi connectivity index (χ1n) is 9.41. The van der Waals surface area contributed by atoms with E-state index < -0.39 is 0 Å². The van der Waals surface area contributed by atoms with Crippen LogP contribution in [0.25, 0.3) is 11.0 Å². The molecule has 0 aliphatic carbocycles. The SMILES string of the molecule is Cc1nc(N)c2c(n1)c(C#CCCCCCl)c(C)n2COCc1ccccc1. The summed E-state index contributed by atoms with van der Waals surface area (Å²) >= 11 is 5.74. The van der Waals surface area contributed by atoms with E-state index in [2.05, 4.69) is 21.8 Å². The van der Waals surface area contributed by atoms with E-state index in [4.69, 9.17) is 22.1 Å². The number of fused-ring (bicyclic) bond motifs is 1. The van der Waals surface area contributed by atoms with E-state index in [9.17, 15) is 0 Å². The summed E-state index contributed by atoms with van der Waals surface area (Å²) in [7, 11) is 0. The van der Waals surface area contributed by atoms with Gasteiger partial charge in [0.1, 0.15) is 23.6 Å². The summed E-state index contributed by atoms with van der Waals surface area (Å²) in [5.41, 5.74) is 10.8. The molecule has 2 aromatic heterocycles. The monoisotopic (exact) mass is 396 g/mol. The van der Waals surface area contributed by atoms with Gasteiger partial charge in [-0.2, -0.15) is 0 Å². The summed E-state index contributed by atoms with van der Waals surface area (Å²) in [6, 6.07) is 10.1. The van der Waals surface area contributed by atoms with Crippen molar-refractivity contribution in [3.05, 3.63) is 53.0 Å². The third-order valence-corrected chi connectivity index (χ3v) is 4.79. The van der Waals surface area contributed by atoms with Gasteiger partial charge < -0.3 is 15.0 Å². The van der Waals surface area contributed by atoms with Gasteiger partial charge in [0.05, 0.1) is 12.2 Å². The number of rotatable bonds is 7.